The summed E-state index contributed by atoms with van der Waals surface area (Å²) in [4.78, 5) is 28.8. The summed E-state index contributed by atoms with van der Waals surface area (Å²) in [7, 11) is 0. The first-order valence-corrected chi connectivity index (χ1v) is 9.79. The van der Waals surface area contributed by atoms with Gasteiger partial charge < -0.3 is 4.74 Å². The molecule has 2 aromatic rings. The van der Waals surface area contributed by atoms with Gasteiger partial charge in [-0.15, -0.1) is 0 Å². The van der Waals surface area contributed by atoms with Crippen LogP contribution in [0, 0.1) is 16.6 Å². The Morgan fingerprint density at radius 2 is 1.86 bits per heavy atom. The minimum absolute atomic E-state index is 0.0199. The second-order valence-corrected chi connectivity index (χ2v) is 8.58. The summed E-state index contributed by atoms with van der Waals surface area (Å²) in [6, 6.07) is 7.98. The van der Waals surface area contributed by atoms with Crippen molar-refractivity contribution < 1.29 is 18.7 Å². The first-order chi connectivity index (χ1) is 13.4. The van der Waals surface area contributed by atoms with Gasteiger partial charge in [0, 0.05) is 36.7 Å². The van der Waals surface area contributed by atoms with Crippen molar-refractivity contribution >= 4 is 23.2 Å². The average Bonchev–Trinajstić information content (AvgIpc) is 2.63. The molecule has 5 rings (SSSR count). The van der Waals surface area contributed by atoms with Crippen LogP contribution in [0.5, 0.6) is 5.75 Å². The maximum absolute atomic E-state index is 13.4. The molecule has 28 heavy (non-hydrogen) atoms. The lowest BCUT2D eigenvalue weighted by Gasteiger charge is -2.70. The van der Waals surface area contributed by atoms with Crippen molar-refractivity contribution in [1.82, 2.24) is 4.98 Å². The lowest BCUT2D eigenvalue weighted by molar-refractivity contribution is -0.208. The average molecular weight is 402 g/mol. The van der Waals surface area contributed by atoms with Crippen LogP contribution in [0.3, 0.4) is 0 Å². The van der Waals surface area contributed by atoms with Crippen molar-refractivity contribution in [2.24, 2.45) is 10.8 Å². The molecule has 0 aliphatic heterocycles. The van der Waals surface area contributed by atoms with E-state index in [4.69, 9.17) is 16.3 Å². The van der Waals surface area contributed by atoms with Crippen LogP contribution < -0.4 is 4.74 Å². The molecule has 4 nitrogen and oxygen atoms in total. The van der Waals surface area contributed by atoms with Gasteiger partial charge in [-0.2, -0.15) is 0 Å². The smallest absolute Gasteiger partial charge is 0.170 e. The molecule has 0 amide bonds. The molecule has 0 unspecified atom stereocenters. The van der Waals surface area contributed by atoms with E-state index < -0.39 is 5.82 Å². The second kappa shape index (κ2) is 7.28. The number of hydrogen-bond donors (Lipinski definition) is 0. The van der Waals surface area contributed by atoms with Gasteiger partial charge in [0.25, 0.3) is 0 Å². The molecule has 0 saturated heterocycles. The van der Waals surface area contributed by atoms with Crippen molar-refractivity contribution in [3.05, 3.63) is 59.1 Å². The highest BCUT2D eigenvalue weighted by Crippen LogP contribution is 2.75. The minimum atomic E-state index is -0.571. The number of Topliss-reactive ketones (excluding diaryl/α,β-unsaturated/α-hetero) is 2. The number of carbonyl (C=O) groups is 2. The molecule has 3 fully saturated rings. The molecular weight excluding hydrogens is 381 g/mol. The summed E-state index contributed by atoms with van der Waals surface area (Å²) in [6.07, 6.45) is 7.58. The van der Waals surface area contributed by atoms with Crippen LogP contribution in [0.15, 0.2) is 42.7 Å². The van der Waals surface area contributed by atoms with Crippen LogP contribution in [-0.2, 0) is 16.0 Å². The summed E-state index contributed by atoms with van der Waals surface area (Å²) < 4.78 is 18.8. The van der Waals surface area contributed by atoms with Crippen LogP contribution in [0.1, 0.15) is 37.7 Å². The Labute approximate surface area is 168 Å². The van der Waals surface area contributed by atoms with Gasteiger partial charge in [-0.1, -0.05) is 11.6 Å². The number of nitrogens with zero attached hydrogens (tertiary/aromatic N) is 1. The molecule has 0 spiro atoms. The van der Waals surface area contributed by atoms with Crippen LogP contribution in [0.2, 0.25) is 5.02 Å². The molecule has 0 atom stereocenters. The van der Waals surface area contributed by atoms with Crippen molar-refractivity contribution in [2.45, 2.75) is 38.5 Å². The largest absolute Gasteiger partial charge is 0.486 e. The summed E-state index contributed by atoms with van der Waals surface area (Å²) in [5, 5.41) is 0.0199. The number of pyridine rings is 1. The zero-order valence-corrected chi connectivity index (χ0v) is 16.2. The number of hydrogen-bond acceptors (Lipinski definition) is 4. The normalized spacial score (nSPS) is 24.8. The highest BCUT2D eigenvalue weighted by atomic mass is 35.5. The third-order valence-corrected chi connectivity index (χ3v) is 6.29. The Balaban J connectivity index is 1.21. The first kappa shape index (κ1) is 19.1. The predicted molar refractivity (Wildman–Crippen MR) is 103 cm³/mol. The van der Waals surface area contributed by atoms with E-state index >= 15 is 0 Å². The number of ketones is 2. The molecule has 3 aliphatic rings. The summed E-state index contributed by atoms with van der Waals surface area (Å²) >= 11 is 5.63. The zero-order chi connectivity index (χ0) is 19.8. The van der Waals surface area contributed by atoms with E-state index in [1.54, 1.807) is 12.4 Å². The van der Waals surface area contributed by atoms with Crippen LogP contribution >= 0.6 is 11.6 Å². The monoisotopic (exact) mass is 401 g/mol. The number of benzene rings is 1. The van der Waals surface area contributed by atoms with Gasteiger partial charge in [0.1, 0.15) is 24.0 Å². The molecule has 146 valence electrons. The maximum atomic E-state index is 13.4. The van der Waals surface area contributed by atoms with E-state index in [0.717, 1.165) is 31.2 Å². The molecule has 3 aliphatic carbocycles. The molecule has 6 heteroatoms. The van der Waals surface area contributed by atoms with Crippen LogP contribution in [0.25, 0.3) is 0 Å². The lowest BCUT2D eigenvalue weighted by Crippen LogP contribution is -2.65. The molecule has 0 N–H and O–H groups in total. The summed E-state index contributed by atoms with van der Waals surface area (Å²) in [6.45, 7) is -0.0915. The Bertz CT molecular complexity index is 895. The van der Waals surface area contributed by atoms with Gasteiger partial charge in [-0.05, 0) is 60.9 Å². The van der Waals surface area contributed by atoms with Crippen molar-refractivity contribution in [1.29, 1.82) is 0 Å². The SMILES string of the molecule is O=C(COc1ccc(Cl)c(F)c1)CC12CC(C(=O)CCc3ccncc3)(C1)C2. The van der Waals surface area contributed by atoms with E-state index in [9.17, 15) is 14.0 Å². The molecule has 3 saturated carbocycles. The van der Waals surface area contributed by atoms with Crippen LogP contribution in [-0.4, -0.2) is 23.2 Å². The minimum Gasteiger partial charge on any atom is -0.486 e. The fraction of sp³-hybridized carbons (Fsp3) is 0.409. The van der Waals surface area contributed by atoms with Crippen molar-refractivity contribution in [3.63, 3.8) is 0 Å². The number of ether oxygens (including phenoxy) is 1. The van der Waals surface area contributed by atoms with E-state index in [0.29, 0.717) is 18.6 Å². The van der Waals surface area contributed by atoms with Gasteiger partial charge in [0.2, 0.25) is 0 Å². The van der Waals surface area contributed by atoms with Crippen molar-refractivity contribution in [2.75, 3.05) is 6.61 Å². The highest BCUT2D eigenvalue weighted by molar-refractivity contribution is 6.30. The maximum Gasteiger partial charge on any atom is 0.170 e. The van der Waals surface area contributed by atoms with Gasteiger partial charge in [-0.3, -0.25) is 14.6 Å². The topological polar surface area (TPSA) is 56.3 Å². The highest BCUT2D eigenvalue weighted by Gasteiger charge is 2.70. The molecule has 0 radical (unpaired) electrons. The fourth-order valence-electron chi connectivity index (χ4n) is 4.75. The third kappa shape index (κ3) is 3.68. The predicted octanol–water partition coefficient (Wildman–Crippen LogP) is 4.58. The molecule has 1 aromatic carbocycles. The van der Waals surface area contributed by atoms with E-state index in [1.165, 1.54) is 18.2 Å². The molecule has 1 aromatic heterocycles. The fourth-order valence-corrected chi connectivity index (χ4v) is 4.87. The third-order valence-electron chi connectivity index (χ3n) is 5.98. The Morgan fingerprint density at radius 1 is 1.14 bits per heavy atom. The number of rotatable bonds is 9. The van der Waals surface area contributed by atoms with E-state index in [1.807, 2.05) is 12.1 Å². The molecule has 2 bridgehead atoms. The van der Waals surface area contributed by atoms with Gasteiger partial charge in [0.15, 0.2) is 5.78 Å². The standard InChI is InChI=1S/C22H21ClFNO3/c23-18-3-2-17(9-19(18)24)28-11-16(26)10-21-12-22(13-21,14-21)20(27)4-1-15-5-7-25-8-6-15/h2-3,5-9H,1,4,10-14H2. The summed E-state index contributed by atoms with van der Waals surface area (Å²) in [5.74, 6) is 0.00767. The zero-order valence-electron chi connectivity index (χ0n) is 15.4. The summed E-state index contributed by atoms with van der Waals surface area (Å²) in [5.41, 5.74) is 0.890. The Morgan fingerprint density at radius 3 is 2.54 bits per heavy atom. The number of aromatic nitrogens is 1. The first-order valence-electron chi connectivity index (χ1n) is 9.42. The second-order valence-electron chi connectivity index (χ2n) is 8.17. The van der Waals surface area contributed by atoms with E-state index in [-0.39, 0.29) is 34.0 Å². The lowest BCUT2D eigenvalue weighted by atomic mass is 9.33. The van der Waals surface area contributed by atoms with Crippen LogP contribution in [0.4, 0.5) is 4.39 Å². The van der Waals surface area contributed by atoms with Gasteiger partial charge >= 0.3 is 0 Å². The Hall–Kier alpha value is -2.27. The number of aryl methyl sites for hydroxylation is 1. The molecule has 1 heterocycles. The van der Waals surface area contributed by atoms with Crippen molar-refractivity contribution in [3.8, 4) is 5.75 Å². The number of carbonyl (C=O) groups excluding carboxylic acids is 2. The van der Waals surface area contributed by atoms with Gasteiger partial charge in [-0.25, -0.2) is 4.39 Å². The van der Waals surface area contributed by atoms with E-state index in [2.05, 4.69) is 4.98 Å². The van der Waals surface area contributed by atoms with Gasteiger partial charge in [0.05, 0.1) is 5.02 Å². The number of halogens is 2. The Kier molecular flexibility index (Phi) is 4.96. The molecular formula is C22H21ClFNO3. The quantitative estimate of drug-likeness (QED) is 0.617.